The Morgan fingerprint density at radius 1 is 0.870 bits per heavy atom. The highest BCUT2D eigenvalue weighted by molar-refractivity contribution is 6.12. The molecular formula is C54H58FN9O13. The molecule has 404 valence electrons. The lowest BCUT2D eigenvalue weighted by molar-refractivity contribution is -0.172. The summed E-state index contributed by atoms with van der Waals surface area (Å²) in [6, 6.07) is 9.89. The maximum Gasteiger partial charge on any atom is 0.343 e. The van der Waals surface area contributed by atoms with Crippen LogP contribution in [-0.4, -0.2) is 117 Å². The van der Waals surface area contributed by atoms with Gasteiger partial charge >= 0.3 is 5.97 Å². The number of pyridine rings is 2. The van der Waals surface area contributed by atoms with Crippen LogP contribution in [0.15, 0.2) is 59.4 Å². The maximum absolute atomic E-state index is 15.5. The lowest BCUT2D eigenvalue weighted by atomic mass is 9.81. The Balaban J connectivity index is 0.769. The first-order valence-corrected chi connectivity index (χ1v) is 25.6. The molecule has 8 amide bonds. The van der Waals surface area contributed by atoms with E-state index in [9.17, 15) is 53.1 Å². The van der Waals surface area contributed by atoms with Crippen molar-refractivity contribution in [2.45, 2.75) is 114 Å². The number of ether oxygens (including phenoxy) is 2. The summed E-state index contributed by atoms with van der Waals surface area (Å²) in [4.78, 5) is 135. The van der Waals surface area contributed by atoms with Crippen molar-refractivity contribution in [1.29, 1.82) is 0 Å². The molecule has 1 saturated carbocycles. The van der Waals surface area contributed by atoms with Crippen LogP contribution in [0.5, 0.6) is 0 Å². The fourth-order valence-corrected chi connectivity index (χ4v) is 10.3. The van der Waals surface area contributed by atoms with Crippen LogP contribution in [-0.2, 0) is 84.2 Å². The Bertz CT molecular complexity index is 3210. The number of benzene rings is 2. The molecule has 0 radical (unpaired) electrons. The molecule has 2 aromatic carbocycles. The lowest BCUT2D eigenvalue weighted by Crippen LogP contribution is -2.52. The normalized spacial score (nSPS) is 18.6. The van der Waals surface area contributed by atoms with Crippen LogP contribution in [0.4, 0.5) is 4.39 Å². The molecule has 22 nitrogen and oxygen atoms in total. The highest BCUT2D eigenvalue weighted by Crippen LogP contribution is 2.47. The van der Waals surface area contributed by atoms with Gasteiger partial charge in [0.2, 0.25) is 29.5 Å². The van der Waals surface area contributed by atoms with E-state index >= 15 is 4.39 Å². The second-order valence-electron chi connectivity index (χ2n) is 19.8. The molecule has 2 aliphatic carbocycles. The number of rotatable bonds is 22. The van der Waals surface area contributed by atoms with Gasteiger partial charge in [0.25, 0.3) is 23.3 Å². The number of nitrogens with zero attached hydrogens (tertiary/aromatic N) is 3. The molecule has 0 bridgehead atoms. The van der Waals surface area contributed by atoms with E-state index in [-0.39, 0.29) is 61.9 Å². The van der Waals surface area contributed by atoms with Crippen LogP contribution in [0.3, 0.4) is 0 Å². The average molecular weight is 1060 g/mol. The SMILES string of the molecule is CC[C@@]1(O)C(=O)OCc2c1cc1n(c2=O)Cc2c-1nc1cc(F)c(C)c3c1c2[C@@H](NC(=O)C1(OCNC(=O)CNC(=O)C(Cc2ccccc2)NC(=O)CNC(=O)CNC(=O)CCCCCN2C(=O)C=CC2=O)CC1)CC3. The first-order chi connectivity index (χ1) is 36.9. The first kappa shape index (κ1) is 53.6. The quantitative estimate of drug-likeness (QED) is 0.0219. The van der Waals surface area contributed by atoms with Crippen molar-refractivity contribution in [2.24, 2.45) is 0 Å². The predicted molar refractivity (Wildman–Crippen MR) is 270 cm³/mol. The number of imide groups is 1. The zero-order valence-corrected chi connectivity index (χ0v) is 42.4. The van der Waals surface area contributed by atoms with E-state index < -0.39 is 102 Å². The van der Waals surface area contributed by atoms with Gasteiger partial charge in [-0.1, -0.05) is 43.7 Å². The predicted octanol–water partition coefficient (Wildman–Crippen LogP) is 0.815. The maximum atomic E-state index is 15.5. The number of hydrogen-bond acceptors (Lipinski definition) is 14. The van der Waals surface area contributed by atoms with Crippen LogP contribution in [0.25, 0.3) is 22.3 Å². The second-order valence-corrected chi connectivity index (χ2v) is 19.8. The minimum Gasteiger partial charge on any atom is -0.458 e. The zero-order chi connectivity index (χ0) is 54.8. The third kappa shape index (κ3) is 11.1. The number of esters is 1. The third-order valence-corrected chi connectivity index (χ3v) is 14.9. The number of aliphatic hydroxyl groups is 1. The smallest absolute Gasteiger partial charge is 0.343 e. The molecule has 1 unspecified atom stereocenters. The molecule has 5 aliphatic rings. The van der Waals surface area contributed by atoms with Gasteiger partial charge in [-0.25, -0.2) is 14.2 Å². The topological polar surface area (TPSA) is 303 Å². The Labute approximate surface area is 439 Å². The summed E-state index contributed by atoms with van der Waals surface area (Å²) in [5.41, 5.74) is 0.637. The summed E-state index contributed by atoms with van der Waals surface area (Å²) < 4.78 is 28.2. The molecule has 3 aliphatic heterocycles. The van der Waals surface area contributed by atoms with E-state index in [1.54, 1.807) is 50.2 Å². The number of unbranched alkanes of at least 4 members (excludes halogenated alkanes) is 2. The average Bonchev–Trinajstić information content (AvgIpc) is 4.09. The molecule has 3 atom stereocenters. The van der Waals surface area contributed by atoms with E-state index in [2.05, 4.69) is 31.9 Å². The third-order valence-electron chi connectivity index (χ3n) is 14.9. The van der Waals surface area contributed by atoms with Gasteiger partial charge in [-0.15, -0.1) is 0 Å². The number of aryl methyl sites for hydroxylation is 1. The number of carbonyl (C=O) groups excluding carboxylic acids is 9. The van der Waals surface area contributed by atoms with Crippen molar-refractivity contribution < 1.29 is 62.1 Å². The molecule has 7 N–H and O–H groups in total. The van der Waals surface area contributed by atoms with E-state index in [0.29, 0.717) is 89.5 Å². The lowest BCUT2D eigenvalue weighted by Gasteiger charge is -2.31. The van der Waals surface area contributed by atoms with E-state index in [1.807, 2.05) is 0 Å². The largest absolute Gasteiger partial charge is 0.458 e. The van der Waals surface area contributed by atoms with E-state index in [4.69, 9.17) is 14.5 Å². The fraction of sp³-hybridized carbons (Fsp3) is 0.426. The van der Waals surface area contributed by atoms with Gasteiger partial charge in [0.1, 0.15) is 30.8 Å². The summed E-state index contributed by atoms with van der Waals surface area (Å²) in [6.07, 6.45) is 5.51. The first-order valence-electron chi connectivity index (χ1n) is 25.6. The van der Waals surface area contributed by atoms with Crippen molar-refractivity contribution >= 4 is 64.1 Å². The van der Waals surface area contributed by atoms with Crippen LogP contribution in [0.1, 0.15) is 103 Å². The van der Waals surface area contributed by atoms with Crippen LogP contribution in [0, 0.1) is 12.7 Å². The number of cyclic esters (lactones) is 1. The number of halogens is 1. The van der Waals surface area contributed by atoms with Gasteiger partial charge in [-0.2, -0.15) is 0 Å². The molecule has 2 aromatic heterocycles. The van der Waals surface area contributed by atoms with Gasteiger partial charge < -0.3 is 51.0 Å². The van der Waals surface area contributed by atoms with Gasteiger partial charge in [0.15, 0.2) is 5.60 Å². The van der Waals surface area contributed by atoms with Gasteiger partial charge in [0.05, 0.1) is 54.7 Å². The zero-order valence-electron chi connectivity index (χ0n) is 42.4. The highest BCUT2D eigenvalue weighted by atomic mass is 19.1. The number of carbonyl (C=O) groups is 9. The number of nitrogens with one attached hydrogen (secondary N) is 6. The standard InChI is InChI=1S/C54H58FN9O13/c1-3-54(75)34-21-39-48-32(26-64(39)50(72)33(34)27-76-52(54)74)47-36(14-13-31-29(2)35(55)22-37(61-48)46(31)47)62-51(73)53(17-18-53)77-28-59-42(67)24-58-49(71)38(20-30-10-6-4-7-11-30)60-43(68)25-57-41(66)23-56-40(65)12-8-5-9-19-63-44(69)15-16-45(63)70/h4,6-7,10-11,15-16,21-22,36,38,75H,3,5,8-9,12-14,17-20,23-28H2,1-2H3,(H,56,65)(H,57,66)(H,58,71)(H,59,67)(H,60,68)(H,62,73)/t36-,38?,54-/m0/s1. The number of aromatic nitrogens is 2. The molecular weight excluding hydrogens is 1000 g/mol. The molecule has 23 heteroatoms. The van der Waals surface area contributed by atoms with Crippen molar-refractivity contribution in [3.8, 4) is 11.4 Å². The minimum absolute atomic E-state index is 0.0391. The van der Waals surface area contributed by atoms with Gasteiger partial charge in [-0.3, -0.25) is 48.1 Å². The second kappa shape index (κ2) is 22.2. The molecule has 1 fully saturated rings. The Morgan fingerprint density at radius 3 is 2.30 bits per heavy atom. The fourth-order valence-electron chi connectivity index (χ4n) is 10.3. The highest BCUT2D eigenvalue weighted by Gasteiger charge is 2.53. The van der Waals surface area contributed by atoms with Crippen molar-refractivity contribution in [3.05, 3.63) is 110 Å². The monoisotopic (exact) mass is 1060 g/mol. The summed E-state index contributed by atoms with van der Waals surface area (Å²) in [5.74, 6) is -5.65. The molecule has 5 heterocycles. The molecule has 77 heavy (non-hydrogen) atoms. The van der Waals surface area contributed by atoms with Gasteiger partial charge in [-0.05, 0) is 80.2 Å². The van der Waals surface area contributed by atoms with Crippen molar-refractivity contribution in [2.75, 3.05) is 32.9 Å². The molecule has 0 saturated heterocycles. The number of amides is 8. The van der Waals surface area contributed by atoms with E-state index in [1.165, 1.54) is 22.8 Å². The number of fused-ring (bicyclic) bond motifs is 5. The Hall–Kier alpha value is -8.18. The molecule has 4 aromatic rings. The van der Waals surface area contributed by atoms with Crippen molar-refractivity contribution in [1.82, 2.24) is 46.4 Å². The van der Waals surface area contributed by atoms with Crippen LogP contribution >= 0.6 is 0 Å². The van der Waals surface area contributed by atoms with Crippen LogP contribution < -0.4 is 37.5 Å². The summed E-state index contributed by atoms with van der Waals surface area (Å²) in [6.45, 7) is 1.44. The summed E-state index contributed by atoms with van der Waals surface area (Å²) >= 11 is 0. The molecule has 9 rings (SSSR count). The van der Waals surface area contributed by atoms with Crippen molar-refractivity contribution in [3.63, 3.8) is 0 Å². The minimum atomic E-state index is -2.05. The molecule has 0 spiro atoms. The number of hydrogen-bond donors (Lipinski definition) is 7. The van der Waals surface area contributed by atoms with Crippen LogP contribution in [0.2, 0.25) is 0 Å². The summed E-state index contributed by atoms with van der Waals surface area (Å²) in [5, 5.41) is 27.7. The van der Waals surface area contributed by atoms with E-state index in [0.717, 1.165) is 10.5 Å². The summed E-state index contributed by atoms with van der Waals surface area (Å²) in [7, 11) is 0. The Morgan fingerprint density at radius 2 is 1.57 bits per heavy atom. The Kier molecular flexibility index (Phi) is 15.5. The van der Waals surface area contributed by atoms with Gasteiger partial charge in [0, 0.05) is 54.1 Å².